The van der Waals surface area contributed by atoms with E-state index in [0.717, 1.165) is 12.2 Å². The minimum absolute atomic E-state index is 0.0450. The van der Waals surface area contributed by atoms with E-state index < -0.39 is 0 Å². The third-order valence-electron chi connectivity index (χ3n) is 3.97. The number of nitrogens with one attached hydrogen (secondary N) is 2. The van der Waals surface area contributed by atoms with Crippen LogP contribution in [0, 0.1) is 0 Å². The molecule has 0 radical (unpaired) electrons. The van der Waals surface area contributed by atoms with Crippen LogP contribution in [-0.4, -0.2) is 34.6 Å². The van der Waals surface area contributed by atoms with E-state index >= 15 is 0 Å². The van der Waals surface area contributed by atoms with Gasteiger partial charge in [-0.15, -0.1) is 5.10 Å². The number of hydrogen-bond donors (Lipinski definition) is 2. The van der Waals surface area contributed by atoms with Crippen molar-refractivity contribution in [1.82, 2.24) is 20.2 Å². The van der Waals surface area contributed by atoms with E-state index in [-0.39, 0.29) is 11.8 Å². The van der Waals surface area contributed by atoms with Gasteiger partial charge in [0.2, 0.25) is 0 Å². The molecule has 5 nitrogen and oxygen atoms in total. The van der Waals surface area contributed by atoms with Crippen LogP contribution in [0.15, 0.2) is 0 Å². The maximum absolute atomic E-state index is 12.1. The summed E-state index contributed by atoms with van der Waals surface area (Å²) in [6.07, 6.45) is 7.92. The molecule has 1 fully saturated rings. The Morgan fingerprint density at radius 1 is 1.24 bits per heavy atom. The molecule has 0 aliphatic heterocycles. The molecular formula is C15H26N4OS. The minimum Gasteiger partial charge on any atom is -0.350 e. The van der Waals surface area contributed by atoms with Crippen molar-refractivity contribution in [3.05, 3.63) is 10.6 Å². The number of carbonyl (C=O) groups is 1. The van der Waals surface area contributed by atoms with E-state index in [9.17, 15) is 4.79 Å². The fourth-order valence-corrected chi connectivity index (χ4v) is 3.48. The SMILES string of the molecule is CC(C)c1nnsc1C(=O)NCCNC1CCCCCC1. The maximum Gasteiger partial charge on any atom is 0.265 e. The minimum atomic E-state index is -0.0450. The summed E-state index contributed by atoms with van der Waals surface area (Å²) in [5.41, 5.74) is 0.800. The molecule has 118 valence electrons. The second-order valence-corrected chi connectivity index (χ2v) is 6.79. The van der Waals surface area contributed by atoms with Crippen molar-refractivity contribution in [3.63, 3.8) is 0 Å². The van der Waals surface area contributed by atoms with Crippen molar-refractivity contribution in [1.29, 1.82) is 0 Å². The number of amides is 1. The van der Waals surface area contributed by atoms with Crippen LogP contribution < -0.4 is 10.6 Å². The lowest BCUT2D eigenvalue weighted by molar-refractivity contribution is 0.0956. The molecule has 0 bridgehead atoms. The van der Waals surface area contributed by atoms with Crippen molar-refractivity contribution >= 4 is 17.4 Å². The van der Waals surface area contributed by atoms with Gasteiger partial charge in [-0.2, -0.15) is 0 Å². The monoisotopic (exact) mass is 310 g/mol. The molecule has 1 heterocycles. The number of nitrogens with zero attached hydrogens (tertiary/aromatic N) is 2. The molecule has 2 N–H and O–H groups in total. The summed E-state index contributed by atoms with van der Waals surface area (Å²) in [5.74, 6) is 0.185. The maximum atomic E-state index is 12.1. The van der Waals surface area contributed by atoms with Gasteiger partial charge in [-0.05, 0) is 30.3 Å². The van der Waals surface area contributed by atoms with Gasteiger partial charge >= 0.3 is 0 Å². The van der Waals surface area contributed by atoms with Gasteiger partial charge in [-0.3, -0.25) is 4.79 Å². The molecule has 1 aromatic rings. The first-order chi connectivity index (χ1) is 10.2. The van der Waals surface area contributed by atoms with Gasteiger partial charge in [-0.25, -0.2) is 0 Å². The van der Waals surface area contributed by atoms with Gasteiger partial charge in [-0.1, -0.05) is 44.0 Å². The Bertz CT molecular complexity index is 439. The predicted molar refractivity (Wildman–Crippen MR) is 85.8 cm³/mol. The van der Waals surface area contributed by atoms with E-state index in [0.29, 0.717) is 17.5 Å². The van der Waals surface area contributed by atoms with Crippen LogP contribution in [0.2, 0.25) is 0 Å². The molecule has 1 saturated carbocycles. The van der Waals surface area contributed by atoms with Crippen LogP contribution in [0.4, 0.5) is 0 Å². The summed E-state index contributed by atoms with van der Waals surface area (Å²) in [7, 11) is 0. The average Bonchev–Trinajstić information content (AvgIpc) is 2.82. The van der Waals surface area contributed by atoms with Gasteiger partial charge < -0.3 is 10.6 Å². The highest BCUT2D eigenvalue weighted by molar-refractivity contribution is 7.08. The van der Waals surface area contributed by atoms with Crippen LogP contribution in [0.25, 0.3) is 0 Å². The molecule has 0 saturated heterocycles. The molecule has 0 spiro atoms. The standard InChI is InChI=1S/C15H26N4OS/c1-11(2)13-14(21-19-18-13)15(20)17-10-9-16-12-7-5-3-4-6-8-12/h11-12,16H,3-10H2,1-2H3,(H,17,20). The molecule has 21 heavy (non-hydrogen) atoms. The average molecular weight is 310 g/mol. The zero-order valence-corrected chi connectivity index (χ0v) is 13.8. The molecule has 1 amide bonds. The lowest BCUT2D eigenvalue weighted by atomic mass is 10.1. The first kappa shape index (κ1) is 16.4. The summed E-state index contributed by atoms with van der Waals surface area (Å²) in [5, 5.41) is 10.6. The van der Waals surface area contributed by atoms with E-state index in [1.54, 1.807) is 0 Å². The zero-order chi connectivity index (χ0) is 15.1. The largest absolute Gasteiger partial charge is 0.350 e. The van der Waals surface area contributed by atoms with Crippen LogP contribution in [0.1, 0.15) is 73.7 Å². The topological polar surface area (TPSA) is 66.9 Å². The van der Waals surface area contributed by atoms with Crippen molar-refractivity contribution in [2.75, 3.05) is 13.1 Å². The second kappa shape index (κ2) is 8.44. The Hall–Kier alpha value is -1.01. The summed E-state index contributed by atoms with van der Waals surface area (Å²) < 4.78 is 3.89. The molecule has 2 rings (SSSR count). The summed E-state index contributed by atoms with van der Waals surface area (Å²) in [6, 6.07) is 0.626. The van der Waals surface area contributed by atoms with E-state index in [1.165, 1.54) is 50.1 Å². The molecule has 1 aromatic heterocycles. The van der Waals surface area contributed by atoms with E-state index in [1.807, 2.05) is 13.8 Å². The Kier molecular flexibility index (Phi) is 6.57. The zero-order valence-electron chi connectivity index (χ0n) is 13.0. The number of carbonyl (C=O) groups excluding carboxylic acids is 1. The summed E-state index contributed by atoms with van der Waals surface area (Å²) in [4.78, 5) is 12.8. The first-order valence-electron chi connectivity index (χ1n) is 8.02. The smallest absolute Gasteiger partial charge is 0.265 e. The normalized spacial score (nSPS) is 16.9. The lowest BCUT2D eigenvalue weighted by Crippen LogP contribution is -2.36. The highest BCUT2D eigenvalue weighted by Gasteiger charge is 2.18. The number of rotatable bonds is 6. The van der Waals surface area contributed by atoms with Crippen LogP contribution in [-0.2, 0) is 0 Å². The number of hydrogen-bond acceptors (Lipinski definition) is 5. The van der Waals surface area contributed by atoms with Gasteiger partial charge in [0.15, 0.2) is 0 Å². The highest BCUT2D eigenvalue weighted by atomic mass is 32.1. The van der Waals surface area contributed by atoms with Crippen molar-refractivity contribution in [2.24, 2.45) is 0 Å². The summed E-state index contributed by atoms with van der Waals surface area (Å²) in [6.45, 7) is 5.55. The predicted octanol–water partition coefficient (Wildman–Crippen LogP) is 2.70. The van der Waals surface area contributed by atoms with Crippen LogP contribution in [0.3, 0.4) is 0 Å². The molecular weight excluding hydrogens is 284 g/mol. The third-order valence-corrected chi connectivity index (χ3v) is 4.71. The molecule has 0 unspecified atom stereocenters. The lowest BCUT2D eigenvalue weighted by Gasteiger charge is -2.16. The van der Waals surface area contributed by atoms with Crippen molar-refractivity contribution < 1.29 is 4.79 Å². The van der Waals surface area contributed by atoms with Gasteiger partial charge in [0.05, 0.1) is 5.69 Å². The molecule has 6 heteroatoms. The first-order valence-corrected chi connectivity index (χ1v) is 8.79. The van der Waals surface area contributed by atoms with Crippen molar-refractivity contribution in [3.8, 4) is 0 Å². The van der Waals surface area contributed by atoms with E-state index in [2.05, 4.69) is 20.2 Å². The fraction of sp³-hybridized carbons (Fsp3) is 0.800. The Balaban J connectivity index is 1.70. The second-order valence-electron chi connectivity index (χ2n) is 6.04. The Morgan fingerprint density at radius 3 is 2.62 bits per heavy atom. The summed E-state index contributed by atoms with van der Waals surface area (Å²) >= 11 is 1.18. The highest BCUT2D eigenvalue weighted by Crippen LogP contribution is 2.19. The van der Waals surface area contributed by atoms with Crippen LogP contribution in [0.5, 0.6) is 0 Å². The van der Waals surface area contributed by atoms with Gasteiger partial charge in [0.1, 0.15) is 4.88 Å². The Morgan fingerprint density at radius 2 is 1.95 bits per heavy atom. The van der Waals surface area contributed by atoms with Crippen molar-refractivity contribution in [2.45, 2.75) is 64.3 Å². The van der Waals surface area contributed by atoms with Crippen LogP contribution >= 0.6 is 11.5 Å². The third kappa shape index (κ3) is 5.04. The molecule has 0 atom stereocenters. The molecule has 1 aliphatic rings. The van der Waals surface area contributed by atoms with E-state index in [4.69, 9.17) is 0 Å². The fourth-order valence-electron chi connectivity index (χ4n) is 2.75. The van der Waals surface area contributed by atoms with Gasteiger partial charge in [0, 0.05) is 19.1 Å². The molecule has 0 aromatic carbocycles. The van der Waals surface area contributed by atoms with Gasteiger partial charge in [0.25, 0.3) is 5.91 Å². The molecule has 1 aliphatic carbocycles. The number of aromatic nitrogens is 2. The quantitative estimate of drug-likeness (QED) is 0.626. The Labute approximate surface area is 131 Å².